The predicted octanol–water partition coefficient (Wildman–Crippen LogP) is 13.4. The van der Waals surface area contributed by atoms with Crippen LogP contribution in [0.3, 0.4) is 0 Å². The van der Waals surface area contributed by atoms with Crippen molar-refractivity contribution < 1.29 is 0 Å². The standard InChI is InChI=1S/C14H23N.C14H24.3C2H6.C2H4/c1-5-9-13(10-6-2)14(8-4,12-15)11-7-3;1-7-11-14(5,6)13(8-2)10-9-12(3)4;4*1-2/h5,9-10H,6-8,11H2,1-4H3;8-10H,2,7,11H2,1,3-6H3;3*1-2H3;1-2H2/b9-5-,13-10+;13-10+;;;;. The fourth-order valence-corrected chi connectivity index (χ4v) is 3.57. The Labute approximate surface area is 237 Å². The van der Waals surface area contributed by atoms with Crippen LogP contribution in [0, 0.1) is 22.2 Å². The Bertz CT molecular complexity index is 630. The van der Waals surface area contributed by atoms with Gasteiger partial charge in [0, 0.05) is 0 Å². The summed E-state index contributed by atoms with van der Waals surface area (Å²) < 4.78 is 0. The van der Waals surface area contributed by atoms with Crippen molar-refractivity contribution in [2.24, 2.45) is 10.8 Å². The molecule has 1 unspecified atom stereocenters. The maximum Gasteiger partial charge on any atom is 0.0816 e. The molecule has 0 amide bonds. The van der Waals surface area contributed by atoms with Crippen molar-refractivity contribution in [3.63, 3.8) is 0 Å². The molecule has 0 aliphatic carbocycles. The topological polar surface area (TPSA) is 23.8 Å². The highest BCUT2D eigenvalue weighted by Crippen LogP contribution is 2.37. The molecule has 0 aromatic heterocycles. The van der Waals surface area contributed by atoms with Crippen molar-refractivity contribution in [1.82, 2.24) is 0 Å². The van der Waals surface area contributed by atoms with Crippen molar-refractivity contribution in [3.8, 4) is 6.07 Å². The summed E-state index contributed by atoms with van der Waals surface area (Å²) in [4.78, 5) is 0. The van der Waals surface area contributed by atoms with E-state index in [1.165, 1.54) is 29.6 Å². The van der Waals surface area contributed by atoms with Gasteiger partial charge in [-0.15, -0.1) is 13.2 Å². The molecule has 0 heterocycles. The van der Waals surface area contributed by atoms with Crippen LogP contribution in [0.1, 0.15) is 142 Å². The third-order valence-electron chi connectivity index (χ3n) is 5.29. The number of nitrogens with zero attached hydrogens (tertiary/aromatic N) is 1. The maximum atomic E-state index is 9.41. The first-order chi connectivity index (χ1) is 17.6. The Kier molecular flexibility index (Phi) is 46.9. The Hall–Kier alpha value is -2.07. The molecule has 218 valence electrons. The van der Waals surface area contributed by atoms with E-state index in [4.69, 9.17) is 0 Å². The van der Waals surface area contributed by atoms with Crippen LogP contribution in [0.25, 0.3) is 0 Å². The normalized spacial score (nSPS) is 11.9. The minimum absolute atomic E-state index is 0.252. The second-order valence-corrected chi connectivity index (χ2v) is 8.57. The monoisotopic (exact) mass is 516 g/mol. The lowest BCUT2D eigenvalue weighted by atomic mass is 9.75. The van der Waals surface area contributed by atoms with Crippen LogP contribution in [-0.2, 0) is 0 Å². The highest BCUT2D eigenvalue weighted by atomic mass is 14.4. The molecule has 0 rings (SSSR count). The first kappa shape index (κ1) is 48.0. The van der Waals surface area contributed by atoms with Crippen LogP contribution in [0.15, 0.2) is 72.9 Å². The van der Waals surface area contributed by atoms with E-state index in [-0.39, 0.29) is 10.8 Å². The minimum Gasteiger partial charge on any atom is -0.197 e. The SMILES string of the molecule is C/C=C\C(=C/CC)C(C#N)(CC)CCC.C=C.C=C/C(=C\C=C(C)C)C(C)(C)CCC.CC.CC.CC. The quantitative estimate of drug-likeness (QED) is 0.198. The molecule has 0 spiro atoms. The highest BCUT2D eigenvalue weighted by Gasteiger charge is 2.29. The Morgan fingerprint density at radius 2 is 1.27 bits per heavy atom. The largest absolute Gasteiger partial charge is 0.197 e. The molecule has 0 saturated heterocycles. The van der Waals surface area contributed by atoms with E-state index in [9.17, 15) is 5.26 Å². The smallest absolute Gasteiger partial charge is 0.0816 e. The summed E-state index contributed by atoms with van der Waals surface area (Å²) in [5, 5.41) is 9.41. The fourth-order valence-electron chi connectivity index (χ4n) is 3.57. The van der Waals surface area contributed by atoms with Crippen LogP contribution < -0.4 is 0 Å². The average Bonchev–Trinajstić information content (AvgIpc) is 2.92. The lowest BCUT2D eigenvalue weighted by Gasteiger charge is -2.26. The van der Waals surface area contributed by atoms with Gasteiger partial charge in [-0.1, -0.05) is 145 Å². The van der Waals surface area contributed by atoms with Crippen LogP contribution in [0.2, 0.25) is 0 Å². The Balaban J connectivity index is -0.000000102. The van der Waals surface area contributed by atoms with Gasteiger partial charge in [-0.3, -0.25) is 0 Å². The zero-order chi connectivity index (χ0) is 30.9. The van der Waals surface area contributed by atoms with Crippen LogP contribution in [0.5, 0.6) is 0 Å². The van der Waals surface area contributed by atoms with Gasteiger partial charge in [0.15, 0.2) is 0 Å². The molecule has 0 saturated carbocycles. The molecular weight excluding hydrogens is 446 g/mol. The zero-order valence-electron chi connectivity index (χ0n) is 28.3. The molecule has 0 aromatic carbocycles. The van der Waals surface area contributed by atoms with E-state index in [2.05, 4.69) is 106 Å². The lowest BCUT2D eigenvalue weighted by molar-refractivity contribution is 0.412. The maximum absolute atomic E-state index is 9.41. The summed E-state index contributed by atoms with van der Waals surface area (Å²) in [6.07, 6.45) is 19.0. The summed E-state index contributed by atoms with van der Waals surface area (Å²) >= 11 is 0. The van der Waals surface area contributed by atoms with E-state index in [0.29, 0.717) is 0 Å². The zero-order valence-corrected chi connectivity index (χ0v) is 28.3. The minimum atomic E-state index is -0.267. The molecule has 0 aliphatic heterocycles. The number of hydrogen-bond donors (Lipinski definition) is 0. The van der Waals surface area contributed by atoms with Crippen molar-refractivity contribution >= 4 is 0 Å². The number of nitriles is 1. The predicted molar refractivity (Wildman–Crippen MR) is 178 cm³/mol. The molecule has 1 nitrogen and oxygen atoms in total. The molecule has 0 radical (unpaired) electrons. The van der Waals surface area contributed by atoms with E-state index in [1.54, 1.807) is 0 Å². The van der Waals surface area contributed by atoms with Gasteiger partial charge in [0.25, 0.3) is 0 Å². The van der Waals surface area contributed by atoms with Crippen molar-refractivity contribution in [1.29, 1.82) is 5.26 Å². The summed E-state index contributed by atoms with van der Waals surface area (Å²) in [7, 11) is 0. The Morgan fingerprint density at radius 1 is 0.811 bits per heavy atom. The van der Waals surface area contributed by atoms with Gasteiger partial charge in [0.05, 0.1) is 11.5 Å². The number of allylic oxidation sites excluding steroid dienone is 9. The van der Waals surface area contributed by atoms with Gasteiger partial charge < -0.3 is 0 Å². The molecule has 0 aromatic rings. The second kappa shape index (κ2) is 36.1. The van der Waals surface area contributed by atoms with Crippen LogP contribution in [-0.4, -0.2) is 0 Å². The number of hydrogen-bond acceptors (Lipinski definition) is 1. The van der Waals surface area contributed by atoms with Gasteiger partial charge in [-0.2, -0.15) is 5.26 Å². The van der Waals surface area contributed by atoms with Gasteiger partial charge in [0.1, 0.15) is 0 Å². The summed E-state index contributed by atoms with van der Waals surface area (Å²) in [5.41, 5.74) is 3.84. The summed E-state index contributed by atoms with van der Waals surface area (Å²) in [6.45, 7) is 41.3. The van der Waals surface area contributed by atoms with Crippen molar-refractivity contribution in [3.05, 3.63) is 72.9 Å². The van der Waals surface area contributed by atoms with E-state index < -0.39 is 0 Å². The highest BCUT2D eigenvalue weighted by molar-refractivity contribution is 5.33. The van der Waals surface area contributed by atoms with Gasteiger partial charge in [-0.05, 0) is 63.0 Å². The first-order valence-electron chi connectivity index (χ1n) is 14.9. The average molecular weight is 516 g/mol. The van der Waals surface area contributed by atoms with Crippen LogP contribution in [0.4, 0.5) is 0 Å². The molecule has 1 heteroatoms. The van der Waals surface area contributed by atoms with E-state index in [1.807, 2.05) is 60.6 Å². The third kappa shape index (κ3) is 25.4. The fraction of sp³-hybridized carbons (Fsp3) is 0.639. The molecule has 0 bridgehead atoms. The molecule has 0 aliphatic rings. The number of rotatable bonds is 11. The van der Waals surface area contributed by atoms with Gasteiger partial charge in [0.2, 0.25) is 0 Å². The van der Waals surface area contributed by atoms with E-state index in [0.717, 1.165) is 25.7 Å². The second-order valence-electron chi connectivity index (χ2n) is 8.57. The van der Waals surface area contributed by atoms with Gasteiger partial charge >= 0.3 is 0 Å². The summed E-state index contributed by atoms with van der Waals surface area (Å²) in [6, 6.07) is 2.52. The molecule has 1 atom stereocenters. The molecular formula is C36H69N. The lowest BCUT2D eigenvalue weighted by Crippen LogP contribution is -2.19. The molecule has 0 fully saturated rings. The third-order valence-corrected chi connectivity index (χ3v) is 5.29. The first-order valence-corrected chi connectivity index (χ1v) is 14.9. The summed E-state index contributed by atoms with van der Waals surface area (Å²) in [5.74, 6) is 0. The van der Waals surface area contributed by atoms with Crippen molar-refractivity contribution in [2.45, 2.75) is 142 Å². The Morgan fingerprint density at radius 3 is 1.54 bits per heavy atom. The molecule has 37 heavy (non-hydrogen) atoms. The van der Waals surface area contributed by atoms with Crippen LogP contribution >= 0.6 is 0 Å². The van der Waals surface area contributed by atoms with Gasteiger partial charge in [-0.25, -0.2) is 0 Å². The van der Waals surface area contributed by atoms with E-state index >= 15 is 0 Å². The molecule has 0 N–H and O–H groups in total. The van der Waals surface area contributed by atoms with Crippen molar-refractivity contribution in [2.75, 3.05) is 0 Å².